The predicted octanol–water partition coefficient (Wildman–Crippen LogP) is 4.19. The molecule has 33 heavy (non-hydrogen) atoms. The lowest BCUT2D eigenvalue weighted by molar-refractivity contribution is 0.212. The van der Waals surface area contributed by atoms with E-state index in [0.29, 0.717) is 5.92 Å². The Labute approximate surface area is 190 Å². The number of fused-ring (bicyclic) bond motifs is 1. The van der Waals surface area contributed by atoms with Crippen molar-refractivity contribution in [2.45, 2.75) is 24.8 Å². The molecule has 4 aromatic rings. The largest absolute Gasteiger partial charge is 0.351 e. The maximum atomic E-state index is 13.6. The minimum Gasteiger partial charge on any atom is -0.351 e. The monoisotopic (exact) mass is 446 g/mol. The first-order valence-electron chi connectivity index (χ1n) is 11.4. The van der Waals surface area contributed by atoms with Gasteiger partial charge in [0, 0.05) is 44.5 Å². The fourth-order valence-electron chi connectivity index (χ4n) is 4.77. The third kappa shape index (κ3) is 3.84. The highest BCUT2D eigenvalue weighted by Crippen LogP contribution is 2.39. The smallest absolute Gasteiger partial charge is 0.203 e. The van der Waals surface area contributed by atoms with Gasteiger partial charge in [-0.3, -0.25) is 9.30 Å². The Morgan fingerprint density at radius 1 is 0.788 bits per heavy atom. The molecule has 0 unspecified atom stereocenters. The van der Waals surface area contributed by atoms with E-state index in [2.05, 4.69) is 29.4 Å². The number of halogens is 2. The van der Waals surface area contributed by atoms with Crippen molar-refractivity contribution in [3.8, 4) is 0 Å². The highest BCUT2D eigenvalue weighted by atomic mass is 19.1. The lowest BCUT2D eigenvalue weighted by atomic mass is 9.96. The molecule has 0 bridgehead atoms. The number of benzene rings is 2. The molecule has 3 heterocycles. The Hall–Kier alpha value is -3.39. The van der Waals surface area contributed by atoms with Crippen molar-refractivity contribution in [3.05, 3.63) is 89.5 Å². The van der Waals surface area contributed by atoms with E-state index in [0.717, 1.165) is 54.6 Å². The molecule has 2 fully saturated rings. The van der Waals surface area contributed by atoms with Gasteiger partial charge in [0.15, 0.2) is 5.82 Å². The van der Waals surface area contributed by atoms with Gasteiger partial charge in [-0.05, 0) is 48.2 Å². The molecule has 1 aliphatic heterocycles. The molecule has 168 valence electrons. The summed E-state index contributed by atoms with van der Waals surface area (Å²) in [7, 11) is 0. The molecule has 0 atom stereocenters. The van der Waals surface area contributed by atoms with E-state index in [9.17, 15) is 8.78 Å². The van der Waals surface area contributed by atoms with Crippen LogP contribution in [0.2, 0.25) is 0 Å². The molecule has 1 saturated heterocycles. The molecule has 6 rings (SSSR count). The zero-order valence-electron chi connectivity index (χ0n) is 18.1. The summed E-state index contributed by atoms with van der Waals surface area (Å²) in [5.41, 5.74) is 2.79. The number of rotatable bonds is 5. The number of aromatic nitrogens is 4. The molecule has 1 saturated carbocycles. The average molecular weight is 447 g/mol. The van der Waals surface area contributed by atoms with Crippen LogP contribution >= 0.6 is 0 Å². The SMILES string of the molecule is Fc1ccc(C(c2ccc(F)cc2)N2CCN(c3nccn4c(C5CC5)nnc34)CC2)cc1. The van der Waals surface area contributed by atoms with Crippen LogP contribution in [0.15, 0.2) is 60.9 Å². The molecule has 6 nitrogen and oxygen atoms in total. The maximum Gasteiger partial charge on any atom is 0.203 e. The summed E-state index contributed by atoms with van der Waals surface area (Å²) in [6.07, 6.45) is 6.11. The topological polar surface area (TPSA) is 49.6 Å². The normalized spacial score (nSPS) is 17.2. The first-order chi connectivity index (χ1) is 16.2. The van der Waals surface area contributed by atoms with E-state index >= 15 is 0 Å². The molecular weight excluding hydrogens is 422 g/mol. The summed E-state index contributed by atoms with van der Waals surface area (Å²) in [5.74, 6) is 1.87. The summed E-state index contributed by atoms with van der Waals surface area (Å²) in [6, 6.07) is 13.1. The van der Waals surface area contributed by atoms with Crippen LogP contribution in [-0.4, -0.2) is 50.7 Å². The van der Waals surface area contributed by atoms with E-state index in [-0.39, 0.29) is 17.7 Å². The van der Waals surface area contributed by atoms with Gasteiger partial charge in [-0.15, -0.1) is 10.2 Å². The van der Waals surface area contributed by atoms with Crippen molar-refractivity contribution >= 4 is 11.5 Å². The molecule has 1 aliphatic carbocycles. The quantitative estimate of drug-likeness (QED) is 0.460. The van der Waals surface area contributed by atoms with Crippen LogP contribution in [0.5, 0.6) is 0 Å². The third-order valence-corrected chi connectivity index (χ3v) is 6.63. The first-order valence-corrected chi connectivity index (χ1v) is 11.4. The van der Waals surface area contributed by atoms with Gasteiger partial charge in [0.05, 0.1) is 6.04 Å². The first kappa shape index (κ1) is 20.2. The van der Waals surface area contributed by atoms with E-state index in [1.165, 1.54) is 37.1 Å². The zero-order valence-corrected chi connectivity index (χ0v) is 18.1. The van der Waals surface area contributed by atoms with Crippen LogP contribution in [-0.2, 0) is 0 Å². The fraction of sp³-hybridized carbons (Fsp3) is 0.320. The van der Waals surface area contributed by atoms with Gasteiger partial charge in [0.2, 0.25) is 5.65 Å². The van der Waals surface area contributed by atoms with Crippen molar-refractivity contribution in [2.24, 2.45) is 0 Å². The van der Waals surface area contributed by atoms with Gasteiger partial charge in [-0.2, -0.15) is 0 Å². The van der Waals surface area contributed by atoms with Crippen LogP contribution in [0, 0.1) is 11.6 Å². The Morgan fingerprint density at radius 3 is 1.97 bits per heavy atom. The van der Waals surface area contributed by atoms with Gasteiger partial charge < -0.3 is 4.90 Å². The summed E-state index contributed by atoms with van der Waals surface area (Å²) >= 11 is 0. The number of hydrogen-bond acceptors (Lipinski definition) is 5. The molecule has 2 aromatic carbocycles. The second kappa shape index (κ2) is 8.19. The minimum atomic E-state index is -0.264. The number of piperazine rings is 1. The van der Waals surface area contributed by atoms with E-state index in [4.69, 9.17) is 0 Å². The van der Waals surface area contributed by atoms with Crippen LogP contribution in [0.3, 0.4) is 0 Å². The summed E-state index contributed by atoms with van der Waals surface area (Å²) in [5, 5.41) is 8.87. The summed E-state index contributed by atoms with van der Waals surface area (Å²) in [4.78, 5) is 9.24. The van der Waals surface area contributed by atoms with E-state index < -0.39 is 0 Å². The van der Waals surface area contributed by atoms with Gasteiger partial charge in [-0.1, -0.05) is 24.3 Å². The Kier molecular flexibility index (Phi) is 5.02. The minimum absolute atomic E-state index is 0.0772. The number of hydrogen-bond donors (Lipinski definition) is 0. The molecule has 0 amide bonds. The van der Waals surface area contributed by atoms with E-state index in [1.807, 2.05) is 36.7 Å². The molecule has 0 N–H and O–H groups in total. The predicted molar refractivity (Wildman–Crippen MR) is 121 cm³/mol. The molecular formula is C25H24F2N6. The van der Waals surface area contributed by atoms with Crippen LogP contribution in [0.1, 0.15) is 41.8 Å². The second-order valence-corrected chi connectivity index (χ2v) is 8.81. The van der Waals surface area contributed by atoms with Crippen LogP contribution < -0.4 is 4.90 Å². The summed E-state index contributed by atoms with van der Waals surface area (Å²) < 4.78 is 29.2. The van der Waals surface area contributed by atoms with Crippen molar-refractivity contribution in [1.29, 1.82) is 0 Å². The Bertz CT molecular complexity index is 1210. The molecule has 8 heteroatoms. The molecule has 0 radical (unpaired) electrons. The van der Waals surface area contributed by atoms with Gasteiger partial charge in [0.1, 0.15) is 17.5 Å². The zero-order chi connectivity index (χ0) is 22.4. The van der Waals surface area contributed by atoms with Gasteiger partial charge in [0.25, 0.3) is 0 Å². The third-order valence-electron chi connectivity index (χ3n) is 6.63. The fourth-order valence-corrected chi connectivity index (χ4v) is 4.77. The molecule has 2 aliphatic rings. The highest BCUT2D eigenvalue weighted by molar-refractivity contribution is 5.64. The summed E-state index contributed by atoms with van der Waals surface area (Å²) in [6.45, 7) is 3.12. The van der Waals surface area contributed by atoms with Gasteiger partial charge >= 0.3 is 0 Å². The lowest BCUT2D eigenvalue weighted by Gasteiger charge is -2.40. The van der Waals surface area contributed by atoms with Crippen LogP contribution in [0.4, 0.5) is 14.6 Å². The molecule has 0 spiro atoms. The Balaban J connectivity index is 1.26. The second-order valence-electron chi connectivity index (χ2n) is 8.81. The van der Waals surface area contributed by atoms with E-state index in [1.54, 1.807) is 0 Å². The lowest BCUT2D eigenvalue weighted by Crippen LogP contribution is -2.48. The maximum absolute atomic E-state index is 13.6. The van der Waals surface area contributed by atoms with Crippen molar-refractivity contribution in [3.63, 3.8) is 0 Å². The van der Waals surface area contributed by atoms with Crippen molar-refractivity contribution in [2.75, 3.05) is 31.1 Å². The Morgan fingerprint density at radius 2 is 1.39 bits per heavy atom. The average Bonchev–Trinajstić information content (AvgIpc) is 3.60. The van der Waals surface area contributed by atoms with Crippen molar-refractivity contribution < 1.29 is 8.78 Å². The molecule has 2 aromatic heterocycles. The van der Waals surface area contributed by atoms with Crippen molar-refractivity contribution in [1.82, 2.24) is 24.5 Å². The standard InChI is InChI=1S/C25H24F2N6/c26-20-7-3-17(4-8-20)22(18-5-9-21(27)10-6-18)31-13-15-32(16-14-31)24-25-30-29-23(19-1-2-19)33(25)12-11-28-24/h3-12,19,22H,1-2,13-16H2. The highest BCUT2D eigenvalue weighted by Gasteiger charge is 2.31. The number of nitrogens with zero attached hydrogens (tertiary/aromatic N) is 6. The van der Waals surface area contributed by atoms with Gasteiger partial charge in [-0.25, -0.2) is 13.8 Å². The van der Waals surface area contributed by atoms with Crippen LogP contribution in [0.25, 0.3) is 5.65 Å². The number of anilines is 1.